The minimum Gasteiger partial charge on any atom is -0.496 e. The summed E-state index contributed by atoms with van der Waals surface area (Å²) in [6.45, 7) is 5.48. The highest BCUT2D eigenvalue weighted by Gasteiger charge is 2.15. The third-order valence-corrected chi connectivity index (χ3v) is 2.35. The van der Waals surface area contributed by atoms with Crippen LogP contribution in [0.5, 0.6) is 5.75 Å². The van der Waals surface area contributed by atoms with Crippen LogP contribution in [-0.4, -0.2) is 36.3 Å². The number of amides is 1. The Bertz CT molecular complexity index is 505. The summed E-state index contributed by atoms with van der Waals surface area (Å²) in [5.41, 5.74) is 0.0909. The highest BCUT2D eigenvalue weighted by molar-refractivity contribution is 5.95. The first-order chi connectivity index (χ1) is 9.23. The molecule has 6 nitrogen and oxygen atoms in total. The number of anilines is 1. The van der Waals surface area contributed by atoms with Gasteiger partial charge in [0.2, 0.25) is 5.91 Å². The van der Waals surface area contributed by atoms with Crippen LogP contribution in [0.1, 0.15) is 31.1 Å². The number of aromatic carboxylic acids is 1. The molecule has 0 atom stereocenters. The van der Waals surface area contributed by atoms with E-state index in [1.807, 2.05) is 20.8 Å². The number of hydrogen-bond donors (Lipinski definition) is 2. The molecule has 0 saturated carbocycles. The van der Waals surface area contributed by atoms with Gasteiger partial charge < -0.3 is 19.9 Å². The van der Waals surface area contributed by atoms with E-state index in [1.54, 1.807) is 0 Å². The number of benzene rings is 1. The van der Waals surface area contributed by atoms with Gasteiger partial charge in [-0.3, -0.25) is 4.79 Å². The van der Waals surface area contributed by atoms with E-state index in [1.165, 1.54) is 25.3 Å². The van der Waals surface area contributed by atoms with Gasteiger partial charge in [0.05, 0.1) is 12.7 Å². The molecule has 1 amide bonds. The number of rotatable bonds is 5. The quantitative estimate of drug-likeness (QED) is 0.863. The second-order valence-corrected chi connectivity index (χ2v) is 5.17. The zero-order valence-electron chi connectivity index (χ0n) is 12.0. The van der Waals surface area contributed by atoms with Crippen LogP contribution >= 0.6 is 0 Å². The molecular weight excluding hydrogens is 262 g/mol. The van der Waals surface area contributed by atoms with E-state index in [2.05, 4.69) is 5.32 Å². The Morgan fingerprint density at radius 1 is 1.30 bits per heavy atom. The largest absolute Gasteiger partial charge is 0.496 e. The van der Waals surface area contributed by atoms with Crippen LogP contribution in [0, 0.1) is 0 Å². The first-order valence-corrected chi connectivity index (χ1v) is 6.08. The molecule has 0 fully saturated rings. The molecule has 6 heteroatoms. The van der Waals surface area contributed by atoms with Gasteiger partial charge in [-0.1, -0.05) is 0 Å². The maximum absolute atomic E-state index is 11.7. The minimum atomic E-state index is -1.09. The van der Waals surface area contributed by atoms with Crippen LogP contribution in [0.15, 0.2) is 18.2 Å². The fraction of sp³-hybridized carbons (Fsp3) is 0.429. The summed E-state index contributed by atoms with van der Waals surface area (Å²) in [5, 5.41) is 11.6. The summed E-state index contributed by atoms with van der Waals surface area (Å²) in [4.78, 5) is 22.6. The number of methoxy groups -OCH3 is 1. The molecule has 0 bridgehead atoms. The van der Waals surface area contributed by atoms with Gasteiger partial charge in [-0.15, -0.1) is 0 Å². The molecule has 0 heterocycles. The van der Waals surface area contributed by atoms with Crippen molar-refractivity contribution >= 4 is 17.6 Å². The Kier molecular flexibility index (Phi) is 5.10. The SMILES string of the molecule is COc1cc(NC(=O)COC(C)(C)C)ccc1C(=O)O. The Balaban J connectivity index is 2.74. The van der Waals surface area contributed by atoms with E-state index in [9.17, 15) is 9.59 Å². The van der Waals surface area contributed by atoms with Gasteiger partial charge in [-0.25, -0.2) is 4.79 Å². The van der Waals surface area contributed by atoms with Gasteiger partial charge >= 0.3 is 5.97 Å². The van der Waals surface area contributed by atoms with Crippen LogP contribution in [0.2, 0.25) is 0 Å². The third kappa shape index (κ3) is 4.89. The summed E-state index contributed by atoms with van der Waals surface area (Å²) >= 11 is 0. The topological polar surface area (TPSA) is 84.9 Å². The van der Waals surface area contributed by atoms with Crippen LogP contribution < -0.4 is 10.1 Å². The van der Waals surface area contributed by atoms with Crippen molar-refractivity contribution < 1.29 is 24.2 Å². The maximum Gasteiger partial charge on any atom is 0.339 e. The molecule has 1 aromatic rings. The Morgan fingerprint density at radius 2 is 1.95 bits per heavy atom. The van der Waals surface area contributed by atoms with Crippen LogP contribution in [-0.2, 0) is 9.53 Å². The second kappa shape index (κ2) is 6.38. The number of ether oxygens (including phenoxy) is 2. The van der Waals surface area contributed by atoms with Crippen LogP contribution in [0.25, 0.3) is 0 Å². The van der Waals surface area contributed by atoms with Gasteiger partial charge in [-0.05, 0) is 32.9 Å². The third-order valence-electron chi connectivity index (χ3n) is 2.35. The van der Waals surface area contributed by atoms with E-state index in [4.69, 9.17) is 14.6 Å². The Labute approximate surface area is 117 Å². The zero-order chi connectivity index (χ0) is 15.3. The fourth-order valence-corrected chi connectivity index (χ4v) is 1.42. The Hall–Kier alpha value is -2.08. The van der Waals surface area contributed by atoms with Crippen molar-refractivity contribution in [2.24, 2.45) is 0 Å². The lowest BCUT2D eigenvalue weighted by molar-refractivity contribution is -0.125. The molecular formula is C14H19NO5. The smallest absolute Gasteiger partial charge is 0.339 e. The predicted octanol–water partition coefficient (Wildman–Crippen LogP) is 2.15. The number of carboxylic acids is 1. The van der Waals surface area contributed by atoms with E-state index < -0.39 is 11.6 Å². The number of carboxylic acid groups (broad SMARTS) is 1. The molecule has 1 rings (SSSR count). The molecule has 0 aliphatic rings. The first kappa shape index (κ1) is 16.0. The van der Waals surface area contributed by atoms with E-state index in [0.29, 0.717) is 5.69 Å². The molecule has 2 N–H and O–H groups in total. The lowest BCUT2D eigenvalue weighted by Crippen LogP contribution is -2.27. The van der Waals surface area contributed by atoms with E-state index >= 15 is 0 Å². The molecule has 0 aliphatic heterocycles. The van der Waals surface area contributed by atoms with E-state index in [-0.39, 0.29) is 23.8 Å². The lowest BCUT2D eigenvalue weighted by atomic mass is 10.2. The highest BCUT2D eigenvalue weighted by atomic mass is 16.5. The van der Waals surface area contributed by atoms with Crippen molar-refractivity contribution in [2.45, 2.75) is 26.4 Å². The molecule has 110 valence electrons. The standard InChI is InChI=1S/C14H19NO5/c1-14(2,3)20-8-12(16)15-9-5-6-10(13(17)18)11(7-9)19-4/h5-7H,8H2,1-4H3,(H,15,16)(H,17,18). The molecule has 0 saturated heterocycles. The number of hydrogen-bond acceptors (Lipinski definition) is 4. The van der Waals surface area contributed by atoms with Crippen molar-refractivity contribution in [1.29, 1.82) is 0 Å². The predicted molar refractivity (Wildman–Crippen MR) is 74.3 cm³/mol. The van der Waals surface area contributed by atoms with Crippen molar-refractivity contribution in [3.63, 3.8) is 0 Å². The molecule has 0 spiro atoms. The lowest BCUT2D eigenvalue weighted by Gasteiger charge is -2.19. The van der Waals surface area contributed by atoms with Crippen molar-refractivity contribution in [1.82, 2.24) is 0 Å². The number of carbonyl (C=O) groups is 2. The van der Waals surface area contributed by atoms with Gasteiger partial charge in [0.1, 0.15) is 17.9 Å². The summed E-state index contributed by atoms with van der Waals surface area (Å²) in [7, 11) is 1.37. The summed E-state index contributed by atoms with van der Waals surface area (Å²) in [6, 6.07) is 4.33. The minimum absolute atomic E-state index is 0.0384. The average Bonchev–Trinajstić information content (AvgIpc) is 2.35. The molecule has 0 radical (unpaired) electrons. The van der Waals surface area contributed by atoms with E-state index in [0.717, 1.165) is 0 Å². The number of carbonyl (C=O) groups excluding carboxylic acids is 1. The van der Waals surface area contributed by atoms with Gasteiger partial charge in [0.25, 0.3) is 0 Å². The van der Waals surface area contributed by atoms with Crippen molar-refractivity contribution in [3.8, 4) is 5.75 Å². The molecule has 1 aromatic carbocycles. The normalized spacial score (nSPS) is 11.0. The van der Waals surface area contributed by atoms with Crippen LogP contribution in [0.3, 0.4) is 0 Å². The molecule has 0 aliphatic carbocycles. The van der Waals surface area contributed by atoms with Gasteiger partial charge in [0, 0.05) is 11.8 Å². The molecule has 0 unspecified atom stereocenters. The maximum atomic E-state index is 11.7. The Morgan fingerprint density at radius 3 is 2.45 bits per heavy atom. The zero-order valence-corrected chi connectivity index (χ0v) is 12.0. The summed E-state index contributed by atoms with van der Waals surface area (Å²) < 4.78 is 10.3. The van der Waals surface area contributed by atoms with Gasteiger partial charge in [0.15, 0.2) is 0 Å². The molecule has 0 aromatic heterocycles. The van der Waals surface area contributed by atoms with Crippen molar-refractivity contribution in [2.75, 3.05) is 19.0 Å². The molecule has 20 heavy (non-hydrogen) atoms. The highest BCUT2D eigenvalue weighted by Crippen LogP contribution is 2.23. The van der Waals surface area contributed by atoms with Crippen LogP contribution in [0.4, 0.5) is 5.69 Å². The monoisotopic (exact) mass is 281 g/mol. The fourth-order valence-electron chi connectivity index (χ4n) is 1.42. The number of nitrogens with one attached hydrogen (secondary N) is 1. The first-order valence-electron chi connectivity index (χ1n) is 6.08. The van der Waals surface area contributed by atoms with Crippen molar-refractivity contribution in [3.05, 3.63) is 23.8 Å². The van der Waals surface area contributed by atoms with Gasteiger partial charge in [-0.2, -0.15) is 0 Å². The average molecular weight is 281 g/mol. The summed E-state index contributed by atoms with van der Waals surface area (Å²) in [5.74, 6) is -1.21. The summed E-state index contributed by atoms with van der Waals surface area (Å²) in [6.07, 6.45) is 0. The second-order valence-electron chi connectivity index (χ2n) is 5.17.